The molecule has 36 heavy (non-hydrogen) atoms. The van der Waals surface area contributed by atoms with Crippen LogP contribution >= 0.6 is 0 Å². The minimum Gasteiger partial charge on any atom is -0.289 e. The molecule has 2 aromatic heterocycles. The molecule has 0 atom stereocenters. The van der Waals surface area contributed by atoms with Crippen LogP contribution in [-0.2, 0) is 0 Å². The Hall–Kier alpha value is -4.44. The highest BCUT2D eigenvalue weighted by molar-refractivity contribution is 6.37. The highest BCUT2D eigenvalue weighted by Gasteiger charge is 2.22. The lowest BCUT2D eigenvalue weighted by molar-refractivity contribution is 1.49. The van der Waals surface area contributed by atoms with Gasteiger partial charge in [0.2, 0.25) is 0 Å². The summed E-state index contributed by atoms with van der Waals surface area (Å²) in [5.74, 6) is 0. The molecule has 0 radical (unpaired) electrons. The third kappa shape index (κ3) is 2.64. The number of nitrogens with zero attached hydrogens (tertiary/aromatic N) is 2. The van der Waals surface area contributed by atoms with E-state index in [1.54, 1.807) is 0 Å². The van der Waals surface area contributed by atoms with Crippen molar-refractivity contribution in [3.05, 3.63) is 93.2 Å². The van der Waals surface area contributed by atoms with Crippen LogP contribution in [0.1, 0.15) is 27.7 Å². The van der Waals surface area contributed by atoms with Gasteiger partial charge in [0.25, 0.3) is 0 Å². The van der Waals surface area contributed by atoms with Crippen LogP contribution in [0.3, 0.4) is 0 Å². The third-order valence-electron chi connectivity index (χ3n) is 6.90. The molecule has 8 aromatic rings. The van der Waals surface area contributed by atoms with Gasteiger partial charge in [-0.2, -0.15) is 0 Å². The number of aromatic nitrogens is 2. The first kappa shape index (κ1) is 22.1. The highest BCUT2D eigenvalue weighted by atomic mass is 16.1. The van der Waals surface area contributed by atoms with Gasteiger partial charge in [-0.25, -0.2) is 9.97 Å². The average molecular weight is 469 g/mol. The van der Waals surface area contributed by atoms with Crippen molar-refractivity contribution in [2.45, 2.75) is 27.7 Å². The minimum absolute atomic E-state index is 0.00166. The second-order valence-electron chi connectivity index (χ2n) is 8.43. The Labute approximate surface area is 206 Å². The summed E-state index contributed by atoms with van der Waals surface area (Å²) in [6.07, 6.45) is 0. The number of hydrogen-bond donors (Lipinski definition) is 0. The lowest BCUT2D eigenvalue weighted by Crippen LogP contribution is -2.07. The summed E-state index contributed by atoms with van der Waals surface area (Å²) in [5, 5.41) is 7.82. The molecule has 0 unspecified atom stereocenters. The van der Waals surface area contributed by atoms with Crippen LogP contribution in [0.25, 0.3) is 75.9 Å². The Morgan fingerprint density at radius 2 is 0.778 bits per heavy atom. The summed E-state index contributed by atoms with van der Waals surface area (Å²) in [7, 11) is 0. The van der Waals surface area contributed by atoms with Gasteiger partial charge in [0.15, 0.2) is 10.9 Å². The fourth-order valence-electron chi connectivity index (χ4n) is 5.55. The van der Waals surface area contributed by atoms with Crippen LogP contribution in [0.15, 0.2) is 82.4 Å². The quantitative estimate of drug-likeness (QED) is 0.169. The predicted octanol–water partition coefficient (Wildman–Crippen LogP) is 7.64. The Kier molecular flexibility index (Phi) is 4.94. The molecule has 174 valence electrons. The number of fused-ring (bicyclic) bond motifs is 4. The maximum absolute atomic E-state index is 13.3. The van der Waals surface area contributed by atoms with Gasteiger partial charge >= 0.3 is 0 Å². The van der Waals surface area contributed by atoms with Crippen LogP contribution in [0.5, 0.6) is 0 Å². The molecule has 0 aliphatic heterocycles. The van der Waals surface area contributed by atoms with E-state index in [0.29, 0.717) is 21.5 Å². The number of benzene rings is 6. The normalized spacial score (nSPS) is 11.6. The van der Waals surface area contributed by atoms with E-state index >= 15 is 0 Å². The summed E-state index contributed by atoms with van der Waals surface area (Å²) >= 11 is 0. The molecule has 0 bridgehead atoms. The standard InChI is InChI=1S/C28H12N2O2.2C2H6/c31-27-15-7-3-1-5-13(15)25-21-17(27)9-12-20-23(21)24-19(29-25)11-10-18-22(24)26(30-20)14-6-2-4-8-16(14)28(18)32;2*1-2/h1-12H;2*1-2H3. The maximum Gasteiger partial charge on any atom is 0.194 e. The molecule has 0 amide bonds. The van der Waals surface area contributed by atoms with Gasteiger partial charge in [0.05, 0.1) is 22.1 Å². The van der Waals surface area contributed by atoms with Crippen LogP contribution in [0.2, 0.25) is 0 Å². The second-order valence-corrected chi connectivity index (χ2v) is 8.43. The van der Waals surface area contributed by atoms with Crippen molar-refractivity contribution in [3.63, 3.8) is 0 Å². The van der Waals surface area contributed by atoms with E-state index in [1.165, 1.54) is 0 Å². The van der Waals surface area contributed by atoms with Crippen molar-refractivity contribution in [2.24, 2.45) is 0 Å². The van der Waals surface area contributed by atoms with E-state index in [0.717, 1.165) is 54.4 Å². The van der Waals surface area contributed by atoms with E-state index in [-0.39, 0.29) is 10.9 Å². The summed E-state index contributed by atoms with van der Waals surface area (Å²) in [6, 6.07) is 22.8. The van der Waals surface area contributed by atoms with Crippen molar-refractivity contribution in [1.29, 1.82) is 0 Å². The summed E-state index contributed by atoms with van der Waals surface area (Å²) in [6.45, 7) is 8.00. The van der Waals surface area contributed by atoms with E-state index in [9.17, 15) is 9.59 Å². The molecular formula is C32H24N2O2. The SMILES string of the molecule is CC.CC.O=c1c2ccccc2c2nc3ccc4c(=O)c5ccccc5c5nc6ccc1c2c6c3c45. The van der Waals surface area contributed by atoms with Crippen LogP contribution in [0.4, 0.5) is 0 Å². The van der Waals surface area contributed by atoms with Crippen molar-refractivity contribution < 1.29 is 0 Å². The van der Waals surface area contributed by atoms with Crippen LogP contribution in [0, 0.1) is 0 Å². The molecule has 0 spiro atoms. The zero-order valence-corrected chi connectivity index (χ0v) is 20.6. The lowest BCUT2D eigenvalue weighted by Gasteiger charge is -2.17. The zero-order valence-electron chi connectivity index (χ0n) is 20.6. The van der Waals surface area contributed by atoms with Gasteiger partial charge in [-0.05, 0) is 24.3 Å². The van der Waals surface area contributed by atoms with Gasteiger partial charge in [-0.15, -0.1) is 0 Å². The summed E-state index contributed by atoms with van der Waals surface area (Å²) < 4.78 is 0. The molecule has 4 nitrogen and oxygen atoms in total. The van der Waals surface area contributed by atoms with Crippen LogP contribution in [-0.4, -0.2) is 9.97 Å². The minimum atomic E-state index is 0.00166. The van der Waals surface area contributed by atoms with Gasteiger partial charge in [-0.3, -0.25) is 9.59 Å². The molecule has 2 heterocycles. The number of hydrogen-bond acceptors (Lipinski definition) is 4. The van der Waals surface area contributed by atoms with Crippen molar-refractivity contribution in [3.8, 4) is 0 Å². The Bertz CT molecular complexity index is 2030. The van der Waals surface area contributed by atoms with E-state index in [2.05, 4.69) is 0 Å². The Morgan fingerprint density at radius 3 is 1.17 bits per heavy atom. The third-order valence-corrected chi connectivity index (χ3v) is 6.90. The topological polar surface area (TPSA) is 59.9 Å². The molecule has 0 aliphatic carbocycles. The molecular weight excluding hydrogens is 444 g/mol. The lowest BCUT2D eigenvalue weighted by atomic mass is 9.90. The van der Waals surface area contributed by atoms with E-state index in [4.69, 9.17) is 9.97 Å². The molecule has 0 N–H and O–H groups in total. The zero-order chi connectivity index (χ0) is 25.1. The summed E-state index contributed by atoms with van der Waals surface area (Å²) in [4.78, 5) is 36.8. The van der Waals surface area contributed by atoms with Gasteiger partial charge < -0.3 is 0 Å². The average Bonchev–Trinajstić information content (AvgIpc) is 2.96. The maximum atomic E-state index is 13.3. The van der Waals surface area contributed by atoms with Crippen LogP contribution < -0.4 is 10.9 Å². The number of pyridine rings is 2. The molecule has 8 rings (SSSR count). The molecule has 0 aliphatic rings. The smallest absolute Gasteiger partial charge is 0.194 e. The molecule has 6 aromatic carbocycles. The molecule has 0 saturated heterocycles. The molecule has 4 heteroatoms. The fourth-order valence-corrected chi connectivity index (χ4v) is 5.55. The largest absolute Gasteiger partial charge is 0.289 e. The monoisotopic (exact) mass is 468 g/mol. The first-order valence-corrected chi connectivity index (χ1v) is 12.5. The number of rotatable bonds is 0. The Balaban J connectivity index is 0.000000575. The van der Waals surface area contributed by atoms with Gasteiger partial charge in [-0.1, -0.05) is 76.2 Å². The van der Waals surface area contributed by atoms with E-state index < -0.39 is 0 Å². The molecule has 0 fully saturated rings. The summed E-state index contributed by atoms with van der Waals surface area (Å²) in [5.41, 5.74) is 3.24. The van der Waals surface area contributed by atoms with Gasteiger partial charge in [0, 0.05) is 53.9 Å². The first-order chi connectivity index (χ1) is 17.7. The van der Waals surface area contributed by atoms with Crippen molar-refractivity contribution >= 4 is 75.9 Å². The van der Waals surface area contributed by atoms with Gasteiger partial charge in [0.1, 0.15) is 0 Å². The van der Waals surface area contributed by atoms with Crippen molar-refractivity contribution in [2.75, 3.05) is 0 Å². The fraction of sp³-hybridized carbons (Fsp3) is 0.125. The highest BCUT2D eigenvalue weighted by Crippen LogP contribution is 2.42. The van der Waals surface area contributed by atoms with E-state index in [1.807, 2.05) is 100 Å². The Morgan fingerprint density at radius 1 is 0.417 bits per heavy atom. The first-order valence-electron chi connectivity index (χ1n) is 12.5. The van der Waals surface area contributed by atoms with Crippen molar-refractivity contribution in [1.82, 2.24) is 9.97 Å². The predicted molar refractivity (Wildman–Crippen MR) is 153 cm³/mol. The second kappa shape index (κ2) is 8.06. The molecule has 0 saturated carbocycles.